The number of aliphatic hydroxyl groups is 2. The molecule has 0 rings (SSSR count). The van der Waals surface area contributed by atoms with Crippen LogP contribution < -0.4 is 5.32 Å². The van der Waals surface area contributed by atoms with Crippen molar-refractivity contribution in [3.63, 3.8) is 0 Å². The normalized spacial score (nSPS) is 12.7. The van der Waals surface area contributed by atoms with Crippen molar-refractivity contribution in [2.75, 3.05) is 13.2 Å². The van der Waals surface area contributed by atoms with Crippen molar-refractivity contribution in [3.8, 4) is 0 Å². The number of esters is 1. The SMILES string of the molecule is CCC/C=C\C/C=C\CCCCCCCC(=O)OCCCCCCCCCCCCCCCCCCCCCCCCCCCCCCCCCCCCCCCCCC(=O)NC(CO)C(O)/C=C/CCCCCCCCCCCCCCC. The Balaban J connectivity index is 3.30. The number of carbonyl (C=O) groups excluding carboxylic acids is 2. The lowest BCUT2D eigenvalue weighted by molar-refractivity contribution is -0.143. The minimum Gasteiger partial charge on any atom is -0.466 e. The molecule has 0 heterocycles. The van der Waals surface area contributed by atoms with Crippen molar-refractivity contribution < 1.29 is 24.5 Å². The average molecular weight is 1180 g/mol. The van der Waals surface area contributed by atoms with Gasteiger partial charge in [-0.05, 0) is 57.8 Å². The first-order chi connectivity index (χ1) is 41.5. The van der Waals surface area contributed by atoms with Gasteiger partial charge in [0.2, 0.25) is 5.91 Å². The number of hydrogen-bond donors (Lipinski definition) is 3. The van der Waals surface area contributed by atoms with Gasteiger partial charge in [0.15, 0.2) is 0 Å². The molecule has 0 spiro atoms. The molecule has 0 aliphatic carbocycles. The van der Waals surface area contributed by atoms with Gasteiger partial charge in [-0.15, -0.1) is 0 Å². The molecule has 1 amide bonds. The van der Waals surface area contributed by atoms with E-state index in [1.807, 2.05) is 6.08 Å². The zero-order valence-corrected chi connectivity index (χ0v) is 56.9. The van der Waals surface area contributed by atoms with Gasteiger partial charge in [-0.2, -0.15) is 0 Å². The molecule has 0 radical (unpaired) electrons. The fraction of sp³-hybridized carbons (Fsp3) is 0.897. The Morgan fingerprint density at radius 1 is 0.333 bits per heavy atom. The number of allylic oxidation sites excluding steroid dienone is 5. The summed E-state index contributed by atoms with van der Waals surface area (Å²) in [5.41, 5.74) is 0. The van der Waals surface area contributed by atoms with Crippen LogP contribution in [0.25, 0.3) is 0 Å². The van der Waals surface area contributed by atoms with Gasteiger partial charge in [0.25, 0.3) is 0 Å². The van der Waals surface area contributed by atoms with Crippen LogP contribution in [0.1, 0.15) is 425 Å². The lowest BCUT2D eigenvalue weighted by Crippen LogP contribution is -2.45. The molecular formula is C78H149NO5. The quantitative estimate of drug-likeness (QED) is 0.0320. The van der Waals surface area contributed by atoms with E-state index in [4.69, 9.17) is 4.74 Å². The van der Waals surface area contributed by atoms with Gasteiger partial charge < -0.3 is 20.3 Å². The van der Waals surface area contributed by atoms with Gasteiger partial charge in [-0.25, -0.2) is 0 Å². The first kappa shape index (κ1) is 82.1. The number of amides is 1. The summed E-state index contributed by atoms with van der Waals surface area (Å²) in [4.78, 5) is 24.5. The smallest absolute Gasteiger partial charge is 0.305 e. The molecule has 0 bridgehead atoms. The number of nitrogens with one attached hydrogen (secondary N) is 1. The summed E-state index contributed by atoms with van der Waals surface area (Å²) in [5.74, 6) is -0.0504. The summed E-state index contributed by atoms with van der Waals surface area (Å²) < 4.78 is 5.48. The maximum absolute atomic E-state index is 12.5. The molecule has 2 unspecified atom stereocenters. The van der Waals surface area contributed by atoms with E-state index in [1.165, 1.54) is 347 Å². The van der Waals surface area contributed by atoms with E-state index >= 15 is 0 Å². The zero-order valence-electron chi connectivity index (χ0n) is 56.9. The van der Waals surface area contributed by atoms with Crippen molar-refractivity contribution in [1.29, 1.82) is 0 Å². The predicted octanol–water partition coefficient (Wildman–Crippen LogP) is 25.0. The third kappa shape index (κ3) is 69.2. The van der Waals surface area contributed by atoms with Gasteiger partial charge >= 0.3 is 5.97 Å². The minimum atomic E-state index is -0.840. The second-order valence-corrected chi connectivity index (χ2v) is 26.3. The maximum atomic E-state index is 12.5. The third-order valence-electron chi connectivity index (χ3n) is 17.9. The lowest BCUT2D eigenvalue weighted by atomic mass is 10.0. The molecule has 3 N–H and O–H groups in total. The van der Waals surface area contributed by atoms with E-state index in [1.54, 1.807) is 6.08 Å². The Morgan fingerprint density at radius 2 is 0.619 bits per heavy atom. The molecule has 0 aliphatic heterocycles. The van der Waals surface area contributed by atoms with Crippen LogP contribution in [0.4, 0.5) is 0 Å². The second kappa shape index (κ2) is 73.5. The van der Waals surface area contributed by atoms with E-state index in [0.29, 0.717) is 19.4 Å². The van der Waals surface area contributed by atoms with Crippen LogP contribution in [0.15, 0.2) is 36.5 Å². The number of carbonyl (C=O) groups is 2. The average Bonchev–Trinajstić information content (AvgIpc) is 3.53. The number of rotatable bonds is 72. The van der Waals surface area contributed by atoms with E-state index in [0.717, 1.165) is 51.4 Å². The third-order valence-corrected chi connectivity index (χ3v) is 17.9. The molecule has 0 aliphatic rings. The summed E-state index contributed by atoms with van der Waals surface area (Å²) in [6.45, 7) is 4.87. The van der Waals surface area contributed by atoms with Crippen LogP contribution in [0.2, 0.25) is 0 Å². The maximum Gasteiger partial charge on any atom is 0.305 e. The summed E-state index contributed by atoms with van der Waals surface area (Å²) in [6, 6.07) is -0.623. The molecule has 0 saturated heterocycles. The Bertz CT molecular complexity index is 1360. The highest BCUT2D eigenvalue weighted by atomic mass is 16.5. The van der Waals surface area contributed by atoms with Crippen molar-refractivity contribution in [1.82, 2.24) is 5.32 Å². The molecular weight excluding hydrogens is 1030 g/mol. The van der Waals surface area contributed by atoms with Gasteiger partial charge in [-0.3, -0.25) is 9.59 Å². The fourth-order valence-corrected chi connectivity index (χ4v) is 12.1. The monoisotopic (exact) mass is 1180 g/mol. The number of hydrogen-bond acceptors (Lipinski definition) is 5. The Morgan fingerprint density at radius 3 is 0.952 bits per heavy atom. The molecule has 2 atom stereocenters. The van der Waals surface area contributed by atoms with Crippen LogP contribution >= 0.6 is 0 Å². The van der Waals surface area contributed by atoms with Crippen molar-refractivity contribution >= 4 is 11.9 Å². The Kier molecular flexibility index (Phi) is 71.9. The summed E-state index contributed by atoms with van der Waals surface area (Å²) in [7, 11) is 0. The molecule has 0 saturated carbocycles. The second-order valence-electron chi connectivity index (χ2n) is 26.3. The topological polar surface area (TPSA) is 95.9 Å². The zero-order chi connectivity index (χ0) is 60.6. The van der Waals surface area contributed by atoms with Crippen molar-refractivity contribution in [3.05, 3.63) is 36.5 Å². The number of aliphatic hydroxyl groups excluding tert-OH is 2. The van der Waals surface area contributed by atoms with Crippen LogP contribution in [-0.4, -0.2) is 47.4 Å². The highest BCUT2D eigenvalue weighted by Crippen LogP contribution is 2.20. The number of ether oxygens (including phenoxy) is 1. The predicted molar refractivity (Wildman–Crippen MR) is 370 cm³/mol. The minimum absolute atomic E-state index is 0.00878. The van der Waals surface area contributed by atoms with Crippen LogP contribution in [-0.2, 0) is 14.3 Å². The van der Waals surface area contributed by atoms with E-state index in [2.05, 4.69) is 43.5 Å². The summed E-state index contributed by atoms with van der Waals surface area (Å²) >= 11 is 0. The van der Waals surface area contributed by atoms with Gasteiger partial charge in [0.1, 0.15) is 0 Å². The highest BCUT2D eigenvalue weighted by molar-refractivity contribution is 5.76. The molecule has 0 fully saturated rings. The highest BCUT2D eigenvalue weighted by Gasteiger charge is 2.18. The molecule has 84 heavy (non-hydrogen) atoms. The lowest BCUT2D eigenvalue weighted by Gasteiger charge is -2.20. The Labute approximate surface area is 525 Å². The van der Waals surface area contributed by atoms with Gasteiger partial charge in [-0.1, -0.05) is 391 Å². The largest absolute Gasteiger partial charge is 0.466 e. The van der Waals surface area contributed by atoms with Crippen LogP contribution in [0.5, 0.6) is 0 Å². The van der Waals surface area contributed by atoms with Crippen molar-refractivity contribution in [2.24, 2.45) is 0 Å². The van der Waals surface area contributed by atoms with E-state index < -0.39 is 12.1 Å². The fourth-order valence-electron chi connectivity index (χ4n) is 12.1. The molecule has 496 valence electrons. The molecule has 6 nitrogen and oxygen atoms in total. The Hall–Kier alpha value is -1.92. The number of unbranched alkanes of at least 4 members (excludes halogenated alkanes) is 57. The van der Waals surface area contributed by atoms with Crippen LogP contribution in [0.3, 0.4) is 0 Å². The molecule has 0 aromatic carbocycles. The van der Waals surface area contributed by atoms with Crippen LogP contribution in [0, 0.1) is 0 Å². The molecule has 0 aromatic rings. The summed E-state index contributed by atoms with van der Waals surface area (Å²) in [5, 5.41) is 23.2. The van der Waals surface area contributed by atoms with E-state index in [-0.39, 0.29) is 18.5 Å². The van der Waals surface area contributed by atoms with Crippen molar-refractivity contribution in [2.45, 2.75) is 437 Å². The van der Waals surface area contributed by atoms with Gasteiger partial charge in [0.05, 0.1) is 25.4 Å². The van der Waals surface area contributed by atoms with E-state index in [9.17, 15) is 19.8 Å². The standard InChI is InChI=1S/C78H149NO5/c1-3-5-7-9-11-13-15-17-43-47-50-54-58-62-66-70-76(81)75(74-80)79-77(82)71-67-63-59-55-51-48-44-41-39-37-35-33-31-29-27-25-23-21-19-18-20-22-24-26-28-30-32-34-36-38-40-42-45-49-53-57-61-65-69-73-84-78(83)72-68-64-60-56-52-46-16-14-12-10-8-6-4-2/h8,10,14,16,66,70,75-76,80-81H,3-7,9,11-13,15,17-65,67-69,71-74H2,1-2H3,(H,79,82)/b10-8-,16-14-,70-66+. The first-order valence-corrected chi connectivity index (χ1v) is 38.3. The van der Waals surface area contributed by atoms with Gasteiger partial charge in [0, 0.05) is 12.8 Å². The summed E-state index contributed by atoms with van der Waals surface area (Å²) in [6.07, 6.45) is 95.6. The first-order valence-electron chi connectivity index (χ1n) is 38.3. The molecule has 6 heteroatoms. The molecule has 0 aromatic heterocycles.